The Bertz CT molecular complexity index is 1590. The van der Waals surface area contributed by atoms with Crippen LogP contribution in [0.1, 0.15) is 16.7 Å². The van der Waals surface area contributed by atoms with Crippen LogP contribution in [-0.4, -0.2) is 0 Å². The van der Waals surface area contributed by atoms with E-state index < -0.39 is 0 Å². The van der Waals surface area contributed by atoms with E-state index in [1.54, 1.807) is 0 Å². The lowest BCUT2D eigenvalue weighted by Crippen LogP contribution is -2.11. The van der Waals surface area contributed by atoms with E-state index in [1.807, 2.05) is 0 Å². The Morgan fingerprint density at radius 2 is 0.889 bits per heavy atom. The van der Waals surface area contributed by atoms with Crippen LogP contribution < -0.4 is 4.90 Å². The Labute approximate surface area is 212 Å². The maximum Gasteiger partial charge on any atom is 0.0540 e. The van der Waals surface area contributed by atoms with Crippen molar-refractivity contribution in [2.75, 3.05) is 4.90 Å². The van der Waals surface area contributed by atoms with E-state index in [2.05, 4.69) is 157 Å². The minimum Gasteiger partial charge on any atom is -0.309 e. The molecule has 1 heteroatoms. The molecule has 0 saturated carbocycles. The third kappa shape index (κ3) is 4.28. The maximum absolute atomic E-state index is 2.39. The number of fused-ring (bicyclic) bond motifs is 2. The maximum atomic E-state index is 2.39. The summed E-state index contributed by atoms with van der Waals surface area (Å²) in [6.45, 7) is 2.11. The van der Waals surface area contributed by atoms with Crippen LogP contribution in [0.2, 0.25) is 0 Å². The van der Waals surface area contributed by atoms with E-state index in [-0.39, 0.29) is 0 Å². The van der Waals surface area contributed by atoms with Gasteiger partial charge in [0.2, 0.25) is 0 Å². The molecule has 0 bridgehead atoms. The molecule has 0 amide bonds. The fourth-order valence-electron chi connectivity index (χ4n) is 4.82. The highest BCUT2D eigenvalue weighted by Crippen LogP contribution is 2.41. The molecule has 0 aliphatic carbocycles. The molecule has 0 fully saturated rings. The molecule has 0 aliphatic heterocycles. The Kier molecular flexibility index (Phi) is 5.81. The minimum absolute atomic E-state index is 1.13. The normalized spacial score (nSPS) is 11.4. The smallest absolute Gasteiger partial charge is 0.0540 e. The molecule has 0 saturated heterocycles. The van der Waals surface area contributed by atoms with Gasteiger partial charge in [-0.2, -0.15) is 0 Å². The van der Waals surface area contributed by atoms with Gasteiger partial charge in [-0.3, -0.25) is 0 Å². The zero-order chi connectivity index (χ0) is 24.3. The van der Waals surface area contributed by atoms with Gasteiger partial charge in [0.05, 0.1) is 11.4 Å². The van der Waals surface area contributed by atoms with Crippen molar-refractivity contribution in [3.63, 3.8) is 0 Å². The molecule has 0 heterocycles. The second kappa shape index (κ2) is 9.56. The van der Waals surface area contributed by atoms with E-state index in [1.165, 1.54) is 49.6 Å². The first-order chi connectivity index (χ1) is 17.8. The predicted octanol–water partition coefficient (Wildman–Crippen LogP) is 9.94. The number of hydrogen-bond donors (Lipinski definition) is 0. The fourth-order valence-corrected chi connectivity index (χ4v) is 4.82. The van der Waals surface area contributed by atoms with Gasteiger partial charge in [-0.25, -0.2) is 0 Å². The van der Waals surface area contributed by atoms with Crippen molar-refractivity contribution in [2.24, 2.45) is 0 Å². The van der Waals surface area contributed by atoms with E-state index in [0.717, 1.165) is 5.69 Å². The Morgan fingerprint density at radius 3 is 1.42 bits per heavy atom. The quantitative estimate of drug-likeness (QED) is 0.231. The summed E-state index contributed by atoms with van der Waals surface area (Å²) in [5.41, 5.74) is 7.14. The number of benzene rings is 6. The van der Waals surface area contributed by atoms with Crippen LogP contribution >= 0.6 is 0 Å². The third-order valence-corrected chi connectivity index (χ3v) is 6.71. The van der Waals surface area contributed by atoms with Crippen LogP contribution in [0.15, 0.2) is 133 Å². The summed E-state index contributed by atoms with van der Waals surface area (Å²) in [5.74, 6) is 0. The molecular formula is C35H27N. The van der Waals surface area contributed by atoms with Gasteiger partial charge in [0.1, 0.15) is 0 Å². The number of anilines is 3. The molecule has 0 radical (unpaired) electrons. The van der Waals surface area contributed by atoms with E-state index in [0.29, 0.717) is 0 Å². The van der Waals surface area contributed by atoms with Crippen LogP contribution in [0.4, 0.5) is 17.1 Å². The van der Waals surface area contributed by atoms with Gasteiger partial charge in [0.15, 0.2) is 0 Å². The van der Waals surface area contributed by atoms with E-state index in [4.69, 9.17) is 0 Å². The van der Waals surface area contributed by atoms with Crippen molar-refractivity contribution < 1.29 is 0 Å². The minimum atomic E-state index is 1.13. The lowest BCUT2D eigenvalue weighted by molar-refractivity contribution is 1.31. The van der Waals surface area contributed by atoms with Crippen molar-refractivity contribution >= 4 is 50.8 Å². The molecule has 0 aromatic heterocycles. The van der Waals surface area contributed by atoms with Crippen LogP contribution in [0.5, 0.6) is 0 Å². The largest absolute Gasteiger partial charge is 0.309 e. The van der Waals surface area contributed by atoms with Gasteiger partial charge in [-0.1, -0.05) is 127 Å². The zero-order valence-corrected chi connectivity index (χ0v) is 20.3. The zero-order valence-electron chi connectivity index (χ0n) is 20.3. The highest BCUT2D eigenvalue weighted by Gasteiger charge is 2.17. The number of hydrogen-bond acceptors (Lipinski definition) is 1. The summed E-state index contributed by atoms with van der Waals surface area (Å²) in [6, 6.07) is 47.7. The summed E-state index contributed by atoms with van der Waals surface area (Å²) in [5, 5.41) is 4.93. The summed E-state index contributed by atoms with van der Waals surface area (Å²) in [4.78, 5) is 2.39. The summed E-state index contributed by atoms with van der Waals surface area (Å²) in [6.07, 6.45) is 4.34. The van der Waals surface area contributed by atoms with Gasteiger partial charge < -0.3 is 4.90 Å². The van der Waals surface area contributed by atoms with Crippen LogP contribution in [0.25, 0.3) is 33.7 Å². The molecule has 6 aromatic rings. The fraction of sp³-hybridized carbons (Fsp3) is 0.0286. The topological polar surface area (TPSA) is 3.24 Å². The molecule has 0 N–H and O–H groups in total. The van der Waals surface area contributed by atoms with Crippen molar-refractivity contribution in [2.45, 2.75) is 6.92 Å². The number of aryl methyl sites for hydroxylation is 1. The predicted molar refractivity (Wildman–Crippen MR) is 156 cm³/mol. The summed E-state index contributed by atoms with van der Waals surface area (Å²) >= 11 is 0. The Hall–Kier alpha value is -4.62. The molecule has 0 atom stereocenters. The third-order valence-electron chi connectivity index (χ3n) is 6.71. The van der Waals surface area contributed by atoms with Gasteiger partial charge >= 0.3 is 0 Å². The van der Waals surface area contributed by atoms with Crippen molar-refractivity contribution in [1.29, 1.82) is 0 Å². The van der Waals surface area contributed by atoms with Gasteiger partial charge in [0.25, 0.3) is 0 Å². The van der Waals surface area contributed by atoms with Crippen molar-refractivity contribution in [1.82, 2.24) is 0 Å². The van der Waals surface area contributed by atoms with Crippen molar-refractivity contribution in [3.05, 3.63) is 150 Å². The Balaban J connectivity index is 1.47. The highest BCUT2D eigenvalue weighted by atomic mass is 15.1. The molecule has 0 spiro atoms. The lowest BCUT2D eigenvalue weighted by atomic mass is 10.0. The lowest BCUT2D eigenvalue weighted by Gasteiger charge is -2.28. The molecule has 172 valence electrons. The SMILES string of the molecule is Cc1ccc(C=Cc2ccc(N(c3cccc4ccccc34)c3cccc4ccccc34)cc2)cc1. The standard InChI is InChI=1S/C35H27N/c1-26-16-18-27(19-17-26)20-21-28-22-24-31(25-23-28)36(34-14-6-10-29-8-2-4-12-32(29)34)35-15-7-11-30-9-3-5-13-33(30)35/h2-25H,1H3. The summed E-state index contributed by atoms with van der Waals surface area (Å²) < 4.78 is 0. The molecular weight excluding hydrogens is 434 g/mol. The molecule has 1 nitrogen and oxygen atoms in total. The first kappa shape index (κ1) is 21.9. The first-order valence-electron chi connectivity index (χ1n) is 12.4. The van der Waals surface area contributed by atoms with Crippen LogP contribution in [-0.2, 0) is 0 Å². The first-order valence-corrected chi connectivity index (χ1v) is 12.4. The van der Waals surface area contributed by atoms with Gasteiger partial charge in [-0.15, -0.1) is 0 Å². The summed E-state index contributed by atoms with van der Waals surface area (Å²) in [7, 11) is 0. The average Bonchev–Trinajstić information content (AvgIpc) is 2.94. The molecule has 0 aliphatic rings. The number of rotatable bonds is 5. The van der Waals surface area contributed by atoms with Gasteiger partial charge in [-0.05, 0) is 53.1 Å². The Morgan fingerprint density at radius 1 is 0.444 bits per heavy atom. The molecule has 36 heavy (non-hydrogen) atoms. The number of nitrogens with zero attached hydrogens (tertiary/aromatic N) is 1. The van der Waals surface area contributed by atoms with E-state index >= 15 is 0 Å². The molecule has 0 unspecified atom stereocenters. The monoisotopic (exact) mass is 461 g/mol. The second-order valence-electron chi connectivity index (χ2n) is 9.17. The molecule has 6 rings (SSSR count). The van der Waals surface area contributed by atoms with Crippen LogP contribution in [0, 0.1) is 6.92 Å². The van der Waals surface area contributed by atoms with Crippen molar-refractivity contribution in [3.8, 4) is 0 Å². The van der Waals surface area contributed by atoms with E-state index in [9.17, 15) is 0 Å². The van der Waals surface area contributed by atoms with Crippen LogP contribution in [0.3, 0.4) is 0 Å². The molecule has 6 aromatic carbocycles. The average molecular weight is 462 g/mol. The highest BCUT2D eigenvalue weighted by molar-refractivity contribution is 6.04. The second-order valence-corrected chi connectivity index (χ2v) is 9.17. The van der Waals surface area contributed by atoms with Gasteiger partial charge in [0, 0.05) is 16.5 Å².